The Morgan fingerprint density at radius 3 is 2.65 bits per heavy atom. The van der Waals surface area contributed by atoms with Crippen molar-refractivity contribution in [3.63, 3.8) is 0 Å². The highest BCUT2D eigenvalue weighted by Crippen LogP contribution is 2.23. The van der Waals surface area contributed by atoms with Crippen LogP contribution in [0, 0.1) is 6.92 Å². The maximum Gasteiger partial charge on any atom is 0.308 e. The molecule has 0 aliphatic heterocycles. The molecule has 4 N–H and O–H groups in total. The molecule has 1 aromatic rings. The summed E-state index contributed by atoms with van der Waals surface area (Å²) in [6.45, 7) is 1.84. The van der Waals surface area contributed by atoms with Gasteiger partial charge in [-0.25, -0.2) is 0 Å². The van der Waals surface area contributed by atoms with Crippen LogP contribution in [0.4, 0.5) is 5.69 Å². The van der Waals surface area contributed by atoms with E-state index >= 15 is 0 Å². The van der Waals surface area contributed by atoms with E-state index in [1.165, 1.54) is 7.11 Å². The van der Waals surface area contributed by atoms with Crippen molar-refractivity contribution >= 4 is 11.7 Å². The van der Waals surface area contributed by atoms with E-state index in [-0.39, 0.29) is 6.42 Å². The van der Waals surface area contributed by atoms with E-state index in [9.17, 15) is 15.0 Å². The summed E-state index contributed by atoms with van der Waals surface area (Å²) in [5, 5.41) is 19.5. The van der Waals surface area contributed by atoms with Crippen LogP contribution >= 0.6 is 0 Å². The zero-order valence-electron chi connectivity index (χ0n) is 9.88. The molecular weight excluding hydrogens is 222 g/mol. The van der Waals surface area contributed by atoms with Gasteiger partial charge in [0, 0.05) is 5.69 Å². The second-order valence-electron chi connectivity index (χ2n) is 3.91. The number of aliphatic hydroxyl groups is 2. The second-order valence-corrected chi connectivity index (χ2v) is 3.91. The highest BCUT2D eigenvalue weighted by molar-refractivity contribution is 5.69. The first-order valence-corrected chi connectivity index (χ1v) is 5.24. The molecule has 0 aromatic heterocycles. The van der Waals surface area contributed by atoms with Gasteiger partial charge in [-0.05, 0) is 24.1 Å². The standard InChI is InChI=1S/C12H17NO4/c1-7-3-4-8(5-9(7)13)12(16)10(14)6-11(15)17-2/h3-5,10,12,14,16H,6,13H2,1-2H3. The number of rotatable bonds is 4. The number of benzene rings is 1. The summed E-state index contributed by atoms with van der Waals surface area (Å²) in [4.78, 5) is 11.0. The van der Waals surface area contributed by atoms with Crippen molar-refractivity contribution in [2.45, 2.75) is 25.6 Å². The third-order valence-electron chi connectivity index (χ3n) is 2.61. The number of nitrogen functional groups attached to an aromatic ring is 1. The molecule has 0 heterocycles. The Morgan fingerprint density at radius 1 is 1.47 bits per heavy atom. The molecule has 17 heavy (non-hydrogen) atoms. The van der Waals surface area contributed by atoms with Gasteiger partial charge in [0.1, 0.15) is 6.10 Å². The minimum atomic E-state index is -1.20. The lowest BCUT2D eigenvalue weighted by Crippen LogP contribution is -2.22. The maximum absolute atomic E-state index is 11.0. The van der Waals surface area contributed by atoms with Gasteiger partial charge in [-0.2, -0.15) is 0 Å². The van der Waals surface area contributed by atoms with E-state index in [2.05, 4.69) is 4.74 Å². The average Bonchev–Trinajstić information content (AvgIpc) is 2.31. The zero-order valence-corrected chi connectivity index (χ0v) is 9.88. The lowest BCUT2D eigenvalue weighted by Gasteiger charge is -2.17. The van der Waals surface area contributed by atoms with E-state index < -0.39 is 18.2 Å². The summed E-state index contributed by atoms with van der Waals surface area (Å²) in [6.07, 6.45) is -2.62. The van der Waals surface area contributed by atoms with Gasteiger partial charge in [-0.3, -0.25) is 4.79 Å². The van der Waals surface area contributed by atoms with Crippen LogP contribution in [-0.4, -0.2) is 29.4 Å². The van der Waals surface area contributed by atoms with Gasteiger partial charge in [-0.15, -0.1) is 0 Å². The van der Waals surface area contributed by atoms with Crippen molar-refractivity contribution in [1.29, 1.82) is 0 Å². The van der Waals surface area contributed by atoms with Crippen LogP contribution in [-0.2, 0) is 9.53 Å². The van der Waals surface area contributed by atoms with Gasteiger partial charge in [-0.1, -0.05) is 12.1 Å². The minimum absolute atomic E-state index is 0.258. The van der Waals surface area contributed by atoms with E-state index in [0.29, 0.717) is 11.3 Å². The molecule has 5 nitrogen and oxygen atoms in total. The smallest absolute Gasteiger partial charge is 0.308 e. The van der Waals surface area contributed by atoms with Crippen LogP contribution in [0.5, 0.6) is 0 Å². The molecule has 2 unspecified atom stereocenters. The first-order chi connectivity index (χ1) is 7.95. The summed E-state index contributed by atoms with van der Waals surface area (Å²) < 4.78 is 4.42. The molecule has 0 saturated carbocycles. The molecule has 0 radical (unpaired) electrons. The van der Waals surface area contributed by atoms with E-state index in [1.54, 1.807) is 18.2 Å². The fraction of sp³-hybridized carbons (Fsp3) is 0.417. The monoisotopic (exact) mass is 239 g/mol. The maximum atomic E-state index is 11.0. The topological polar surface area (TPSA) is 92.8 Å². The molecule has 2 atom stereocenters. The molecule has 0 bridgehead atoms. The Labute approximate surface area is 99.8 Å². The molecule has 94 valence electrons. The quantitative estimate of drug-likeness (QED) is 0.526. The number of ether oxygens (including phenoxy) is 1. The molecule has 1 rings (SSSR count). The number of anilines is 1. The summed E-state index contributed by atoms with van der Waals surface area (Å²) in [5.74, 6) is -0.573. The highest BCUT2D eigenvalue weighted by Gasteiger charge is 2.22. The molecule has 5 heteroatoms. The van der Waals surface area contributed by atoms with Gasteiger partial charge in [0.2, 0.25) is 0 Å². The molecule has 1 aromatic carbocycles. The third-order valence-corrected chi connectivity index (χ3v) is 2.61. The Morgan fingerprint density at radius 2 is 2.12 bits per heavy atom. The molecule has 0 aliphatic carbocycles. The third kappa shape index (κ3) is 3.44. The number of aryl methyl sites for hydroxylation is 1. The highest BCUT2D eigenvalue weighted by atomic mass is 16.5. The molecule has 0 amide bonds. The largest absolute Gasteiger partial charge is 0.469 e. The average molecular weight is 239 g/mol. The summed E-state index contributed by atoms with van der Waals surface area (Å²) in [5.41, 5.74) is 7.60. The van der Waals surface area contributed by atoms with E-state index in [1.807, 2.05) is 6.92 Å². The summed E-state index contributed by atoms with van der Waals surface area (Å²) in [6, 6.07) is 5.00. The number of hydrogen-bond acceptors (Lipinski definition) is 5. The van der Waals surface area contributed by atoms with Gasteiger partial charge >= 0.3 is 5.97 Å². The fourth-order valence-corrected chi connectivity index (χ4v) is 1.43. The molecule has 0 fully saturated rings. The van der Waals surface area contributed by atoms with Crippen molar-refractivity contribution in [3.05, 3.63) is 29.3 Å². The normalized spacial score (nSPS) is 14.1. The van der Waals surface area contributed by atoms with Crippen LogP contribution in [0.25, 0.3) is 0 Å². The van der Waals surface area contributed by atoms with Crippen molar-refractivity contribution in [2.75, 3.05) is 12.8 Å². The lowest BCUT2D eigenvalue weighted by molar-refractivity contribution is -0.144. The lowest BCUT2D eigenvalue weighted by atomic mass is 10.00. The number of nitrogens with two attached hydrogens (primary N) is 1. The predicted molar refractivity (Wildman–Crippen MR) is 63.2 cm³/mol. The van der Waals surface area contributed by atoms with Crippen molar-refractivity contribution in [1.82, 2.24) is 0 Å². The Bertz CT molecular complexity index is 405. The van der Waals surface area contributed by atoms with Crippen LogP contribution in [0.3, 0.4) is 0 Å². The van der Waals surface area contributed by atoms with Crippen LogP contribution in [0.2, 0.25) is 0 Å². The summed E-state index contributed by atoms with van der Waals surface area (Å²) >= 11 is 0. The zero-order chi connectivity index (χ0) is 13.0. The molecular formula is C12H17NO4. The van der Waals surface area contributed by atoms with Crippen LogP contribution < -0.4 is 5.73 Å². The van der Waals surface area contributed by atoms with E-state index in [4.69, 9.17) is 5.73 Å². The second kappa shape index (κ2) is 5.65. The fourth-order valence-electron chi connectivity index (χ4n) is 1.43. The van der Waals surface area contributed by atoms with Gasteiger partial charge in [0.15, 0.2) is 0 Å². The van der Waals surface area contributed by atoms with Crippen molar-refractivity contribution in [3.8, 4) is 0 Å². The Balaban J connectivity index is 2.77. The number of methoxy groups -OCH3 is 1. The number of carbonyl (C=O) groups is 1. The first-order valence-electron chi connectivity index (χ1n) is 5.24. The van der Waals surface area contributed by atoms with Gasteiger partial charge < -0.3 is 20.7 Å². The van der Waals surface area contributed by atoms with Crippen molar-refractivity contribution in [2.24, 2.45) is 0 Å². The Hall–Kier alpha value is -1.59. The van der Waals surface area contributed by atoms with E-state index in [0.717, 1.165) is 5.56 Å². The SMILES string of the molecule is COC(=O)CC(O)C(O)c1ccc(C)c(N)c1. The van der Waals surface area contributed by atoms with Crippen LogP contribution in [0.15, 0.2) is 18.2 Å². The first kappa shape index (κ1) is 13.5. The molecule has 0 aliphatic rings. The van der Waals surface area contributed by atoms with Crippen LogP contribution in [0.1, 0.15) is 23.7 Å². The van der Waals surface area contributed by atoms with Gasteiger partial charge in [0.25, 0.3) is 0 Å². The number of carbonyl (C=O) groups excluding carboxylic acids is 1. The van der Waals surface area contributed by atoms with Gasteiger partial charge in [0.05, 0.1) is 19.6 Å². The summed E-state index contributed by atoms with van der Waals surface area (Å²) in [7, 11) is 1.23. The molecule has 0 saturated heterocycles. The van der Waals surface area contributed by atoms with Crippen molar-refractivity contribution < 1.29 is 19.7 Å². The molecule has 0 spiro atoms. The Kier molecular flexibility index (Phi) is 4.48. The number of esters is 1. The predicted octanol–water partition coefficient (Wildman–Crippen LogP) is 0.535. The number of hydrogen-bond donors (Lipinski definition) is 3. The number of aliphatic hydroxyl groups excluding tert-OH is 2. The minimum Gasteiger partial charge on any atom is -0.469 e.